The number of carboxylic acids is 1. The standard InChI is InChI=1S/C25H32O10/c1-23(30)19(27)18(26)22(33-20(23)21(28)29)32-17-5-3-4-14(11-17)25(31-2)24(34-35-25)15-7-12-6-13(9-15)10-16(24)8-12/h3-5,11-13,15-16,18-20,22,26-27,30H,6-10H2,1-2H3,(H,28,29)/t12?,13?,15?,16?,18?,19-,20?,22-,23+,24?,25?/m1/s1/i2D3. The van der Waals surface area contributed by atoms with Gasteiger partial charge in [0.05, 0.1) is 4.11 Å². The fraction of sp³-hybridized carbons (Fsp3) is 0.720. The summed E-state index contributed by atoms with van der Waals surface area (Å²) >= 11 is 0. The number of benzene rings is 1. The van der Waals surface area contributed by atoms with Crippen LogP contribution in [0.5, 0.6) is 5.75 Å². The lowest BCUT2D eigenvalue weighted by atomic mass is 9.47. The average Bonchev–Trinajstić information content (AvgIpc) is 2.81. The van der Waals surface area contributed by atoms with Gasteiger partial charge in [0.15, 0.2) is 11.7 Å². The summed E-state index contributed by atoms with van der Waals surface area (Å²) in [5, 5.41) is 40.7. The molecule has 7 rings (SSSR count). The first kappa shape index (κ1) is 20.3. The summed E-state index contributed by atoms with van der Waals surface area (Å²) < 4.78 is 40.6. The monoisotopic (exact) mass is 495 g/mol. The van der Waals surface area contributed by atoms with Gasteiger partial charge in [0.25, 0.3) is 5.79 Å². The number of methoxy groups -OCH3 is 1. The summed E-state index contributed by atoms with van der Waals surface area (Å²) in [5.41, 5.74) is -2.93. The topological polar surface area (TPSA) is 144 Å². The Morgan fingerprint density at radius 3 is 2.37 bits per heavy atom. The van der Waals surface area contributed by atoms with E-state index in [4.69, 9.17) is 28.1 Å². The summed E-state index contributed by atoms with van der Waals surface area (Å²) in [5.74, 6) is -1.96. The molecule has 10 heteroatoms. The average molecular weight is 496 g/mol. The van der Waals surface area contributed by atoms with E-state index in [1.165, 1.54) is 18.6 Å². The molecule has 2 heterocycles. The predicted molar refractivity (Wildman–Crippen MR) is 117 cm³/mol. The van der Waals surface area contributed by atoms with Crippen molar-refractivity contribution in [3.8, 4) is 5.75 Å². The summed E-state index contributed by atoms with van der Waals surface area (Å²) in [6.07, 6.45) is -2.41. The van der Waals surface area contributed by atoms with Gasteiger partial charge >= 0.3 is 5.97 Å². The number of carbonyl (C=O) groups is 1. The van der Waals surface area contributed by atoms with Crippen molar-refractivity contribution in [2.75, 3.05) is 7.04 Å². The number of carboxylic acid groups (broad SMARTS) is 1. The maximum absolute atomic E-state index is 11.6. The maximum Gasteiger partial charge on any atom is 0.336 e. The van der Waals surface area contributed by atoms with Gasteiger partial charge in [0.1, 0.15) is 23.6 Å². The lowest BCUT2D eigenvalue weighted by molar-refractivity contribution is -0.645. The Kier molecular flexibility index (Phi) is 4.55. The highest BCUT2D eigenvalue weighted by atomic mass is 17.3. The predicted octanol–water partition coefficient (Wildman–Crippen LogP) is 1.30. The van der Waals surface area contributed by atoms with E-state index in [0.29, 0.717) is 17.4 Å². The van der Waals surface area contributed by atoms with Gasteiger partial charge in [0.2, 0.25) is 6.29 Å². The fourth-order valence-electron chi connectivity index (χ4n) is 7.52. The second-order valence-electron chi connectivity index (χ2n) is 11.0. The molecule has 1 aromatic carbocycles. The van der Waals surface area contributed by atoms with Crippen molar-refractivity contribution in [1.29, 1.82) is 0 Å². The van der Waals surface area contributed by atoms with Crippen molar-refractivity contribution in [2.24, 2.45) is 23.7 Å². The van der Waals surface area contributed by atoms with Gasteiger partial charge in [-0.25, -0.2) is 9.68 Å². The Hall–Kier alpha value is -1.79. The highest BCUT2D eigenvalue weighted by molar-refractivity contribution is 5.74. The van der Waals surface area contributed by atoms with Crippen molar-refractivity contribution >= 4 is 5.97 Å². The normalized spacial score (nSPS) is 51.8. The van der Waals surface area contributed by atoms with E-state index in [2.05, 4.69) is 0 Å². The number of aliphatic hydroxyl groups is 3. The van der Waals surface area contributed by atoms with Crippen molar-refractivity contribution in [3.05, 3.63) is 29.8 Å². The van der Waals surface area contributed by atoms with Gasteiger partial charge in [-0.15, -0.1) is 0 Å². The molecule has 1 spiro atoms. The van der Waals surface area contributed by atoms with Gasteiger partial charge in [-0.1, -0.05) is 12.1 Å². The van der Waals surface area contributed by atoms with Gasteiger partial charge < -0.3 is 34.6 Å². The van der Waals surface area contributed by atoms with Crippen LogP contribution in [0.4, 0.5) is 0 Å². The van der Waals surface area contributed by atoms with Crippen molar-refractivity contribution < 1.29 is 53.3 Å². The second-order valence-corrected chi connectivity index (χ2v) is 11.0. The molecule has 2 aliphatic heterocycles. The van der Waals surface area contributed by atoms with Crippen LogP contribution in [0, 0.1) is 23.7 Å². The van der Waals surface area contributed by atoms with E-state index in [-0.39, 0.29) is 17.6 Å². The van der Waals surface area contributed by atoms with Crippen LogP contribution in [0.2, 0.25) is 0 Å². The van der Waals surface area contributed by atoms with Crippen LogP contribution < -0.4 is 4.74 Å². The number of aliphatic hydroxyl groups excluding tert-OH is 2. The van der Waals surface area contributed by atoms with E-state index < -0.39 is 54.6 Å². The van der Waals surface area contributed by atoms with Crippen molar-refractivity contribution in [3.63, 3.8) is 0 Å². The minimum Gasteiger partial charge on any atom is -0.479 e. The molecule has 6 aliphatic rings. The molecule has 192 valence electrons. The first-order valence-corrected chi connectivity index (χ1v) is 12.1. The molecule has 0 amide bonds. The Labute approximate surface area is 206 Å². The summed E-state index contributed by atoms with van der Waals surface area (Å²) in [7, 11) is -2.81. The van der Waals surface area contributed by atoms with Gasteiger partial charge in [-0.2, -0.15) is 4.89 Å². The number of hydrogen-bond donors (Lipinski definition) is 4. The summed E-state index contributed by atoms with van der Waals surface area (Å²) in [4.78, 5) is 23.2. The first-order chi connectivity index (χ1) is 17.8. The molecule has 4 bridgehead atoms. The second kappa shape index (κ2) is 7.85. The number of rotatable bonds is 5. The molecule has 6 fully saturated rings. The van der Waals surface area contributed by atoms with Crippen LogP contribution in [-0.2, 0) is 29.8 Å². The molecule has 4 saturated carbocycles. The molecule has 35 heavy (non-hydrogen) atoms. The Bertz CT molecular complexity index is 1080. The maximum atomic E-state index is 11.6. The highest BCUT2D eigenvalue weighted by Crippen LogP contribution is 2.69. The van der Waals surface area contributed by atoms with Gasteiger partial charge in [-0.05, 0) is 74.8 Å². The molecular formula is C25H32O10. The van der Waals surface area contributed by atoms with Crippen LogP contribution in [0.1, 0.15) is 48.7 Å². The third-order valence-corrected chi connectivity index (χ3v) is 9.00. The summed E-state index contributed by atoms with van der Waals surface area (Å²) in [6.45, 7) is 1.05. The smallest absolute Gasteiger partial charge is 0.336 e. The molecule has 1 aromatic rings. The van der Waals surface area contributed by atoms with Crippen molar-refractivity contribution in [1.82, 2.24) is 0 Å². The fourth-order valence-corrected chi connectivity index (χ4v) is 7.52. The van der Waals surface area contributed by atoms with E-state index in [1.54, 1.807) is 12.1 Å². The molecule has 6 atom stereocenters. The third-order valence-electron chi connectivity index (χ3n) is 9.00. The van der Waals surface area contributed by atoms with Gasteiger partial charge in [-0.3, -0.25) is 0 Å². The quantitative estimate of drug-likeness (QED) is 0.441. The zero-order chi connectivity index (χ0) is 27.3. The Morgan fingerprint density at radius 2 is 1.80 bits per heavy atom. The Morgan fingerprint density at radius 1 is 1.11 bits per heavy atom. The van der Waals surface area contributed by atoms with E-state index in [0.717, 1.165) is 32.6 Å². The number of aliphatic carboxylic acids is 1. The molecule has 10 nitrogen and oxygen atoms in total. The number of hydrogen-bond acceptors (Lipinski definition) is 9. The van der Waals surface area contributed by atoms with Crippen LogP contribution >= 0.6 is 0 Å². The van der Waals surface area contributed by atoms with E-state index in [1.807, 2.05) is 0 Å². The van der Waals surface area contributed by atoms with Crippen LogP contribution in [0.25, 0.3) is 0 Å². The van der Waals surface area contributed by atoms with Crippen LogP contribution in [0.3, 0.4) is 0 Å². The summed E-state index contributed by atoms with van der Waals surface area (Å²) in [6, 6.07) is 6.20. The molecule has 3 unspecified atom stereocenters. The number of ether oxygens (including phenoxy) is 3. The highest BCUT2D eigenvalue weighted by Gasteiger charge is 2.76. The van der Waals surface area contributed by atoms with Crippen LogP contribution in [0.15, 0.2) is 24.3 Å². The third kappa shape index (κ3) is 3.11. The van der Waals surface area contributed by atoms with Crippen LogP contribution in [-0.4, -0.2) is 69.2 Å². The molecule has 4 aliphatic carbocycles. The molecule has 4 N–H and O–H groups in total. The minimum absolute atomic E-state index is 0.0524. The first-order valence-electron chi connectivity index (χ1n) is 13.6. The van der Waals surface area contributed by atoms with E-state index >= 15 is 0 Å². The van der Waals surface area contributed by atoms with Gasteiger partial charge in [0, 0.05) is 12.6 Å². The lowest BCUT2D eigenvalue weighted by Crippen LogP contribution is -2.76. The molecule has 0 aromatic heterocycles. The lowest BCUT2D eigenvalue weighted by Gasteiger charge is -2.68. The molecule has 0 radical (unpaired) electrons. The van der Waals surface area contributed by atoms with Crippen molar-refractivity contribution in [2.45, 2.75) is 80.6 Å². The zero-order valence-electron chi connectivity index (χ0n) is 22.2. The Balaban J connectivity index is 1.34. The van der Waals surface area contributed by atoms with E-state index in [9.17, 15) is 25.2 Å². The molecular weight excluding hydrogens is 460 g/mol. The SMILES string of the molecule is [2H]C([2H])([2H])OC1(c2cccc(O[C@@H]3OC(C(=O)O)[C@@](C)(O)[C@H](O)C3O)c2)OOC12C1CC3CC(C1)CC2C3. The zero-order valence-corrected chi connectivity index (χ0v) is 19.2. The minimum atomic E-state index is -2.81. The molecule has 2 saturated heterocycles. The largest absolute Gasteiger partial charge is 0.479 e.